The minimum atomic E-state index is -0.319. The van der Waals surface area contributed by atoms with Crippen LogP contribution in [-0.2, 0) is 0 Å². The normalized spacial score (nSPS) is 24.2. The van der Waals surface area contributed by atoms with Gasteiger partial charge in [-0.3, -0.25) is 10.2 Å². The van der Waals surface area contributed by atoms with Gasteiger partial charge in [0, 0.05) is 17.1 Å². The van der Waals surface area contributed by atoms with E-state index in [9.17, 15) is 9.90 Å². The highest BCUT2D eigenvalue weighted by Crippen LogP contribution is 2.24. The lowest BCUT2D eigenvalue weighted by Gasteiger charge is -2.38. The standard InChI is InChI=1S/C14H19ClN2O2/c1-9-4-3-5-10(2)17(9)16-14(19)12-8-11(15)6-7-13(12)18/h6-10,18H,3-5H2,1-2H3,(H,16,19). The molecule has 0 aromatic heterocycles. The molecule has 0 spiro atoms. The van der Waals surface area contributed by atoms with Crippen LogP contribution in [-0.4, -0.2) is 28.1 Å². The van der Waals surface area contributed by atoms with E-state index >= 15 is 0 Å². The third kappa shape index (κ3) is 3.19. The van der Waals surface area contributed by atoms with Crippen LogP contribution in [0.1, 0.15) is 43.5 Å². The number of hydrogen-bond donors (Lipinski definition) is 2. The van der Waals surface area contributed by atoms with Crippen LogP contribution in [0.5, 0.6) is 5.75 Å². The van der Waals surface area contributed by atoms with Crippen molar-refractivity contribution in [1.82, 2.24) is 10.4 Å². The monoisotopic (exact) mass is 282 g/mol. The Balaban J connectivity index is 2.14. The van der Waals surface area contributed by atoms with Crippen molar-refractivity contribution in [3.63, 3.8) is 0 Å². The number of aromatic hydroxyl groups is 1. The van der Waals surface area contributed by atoms with E-state index in [-0.39, 0.29) is 17.2 Å². The van der Waals surface area contributed by atoms with Gasteiger partial charge >= 0.3 is 0 Å². The largest absolute Gasteiger partial charge is 0.507 e. The van der Waals surface area contributed by atoms with Gasteiger partial charge in [0.05, 0.1) is 5.56 Å². The Bertz CT molecular complexity index is 469. The van der Waals surface area contributed by atoms with Gasteiger partial charge < -0.3 is 5.11 Å². The molecule has 4 nitrogen and oxygen atoms in total. The first-order chi connectivity index (χ1) is 8.99. The summed E-state index contributed by atoms with van der Waals surface area (Å²) in [5.41, 5.74) is 3.08. The number of nitrogens with zero attached hydrogens (tertiary/aromatic N) is 1. The van der Waals surface area contributed by atoms with Gasteiger partial charge in [0.2, 0.25) is 0 Å². The second kappa shape index (κ2) is 5.80. The molecule has 5 heteroatoms. The van der Waals surface area contributed by atoms with Crippen LogP contribution in [0.3, 0.4) is 0 Å². The number of hydrogen-bond acceptors (Lipinski definition) is 3. The third-order valence-electron chi connectivity index (χ3n) is 3.63. The molecule has 2 unspecified atom stereocenters. The topological polar surface area (TPSA) is 52.6 Å². The lowest BCUT2D eigenvalue weighted by atomic mass is 10.00. The van der Waals surface area contributed by atoms with E-state index in [1.165, 1.54) is 18.6 Å². The first kappa shape index (κ1) is 14.2. The average molecular weight is 283 g/mol. The number of carbonyl (C=O) groups excluding carboxylic acids is 1. The predicted molar refractivity (Wildman–Crippen MR) is 75.2 cm³/mol. The summed E-state index contributed by atoms with van der Waals surface area (Å²) in [4.78, 5) is 12.2. The fraction of sp³-hybridized carbons (Fsp3) is 0.500. The second-order valence-corrected chi connectivity index (χ2v) is 5.58. The van der Waals surface area contributed by atoms with Crippen LogP contribution >= 0.6 is 11.6 Å². The van der Waals surface area contributed by atoms with E-state index in [4.69, 9.17) is 11.6 Å². The van der Waals surface area contributed by atoms with Gasteiger partial charge in [-0.2, -0.15) is 0 Å². The van der Waals surface area contributed by atoms with Crippen molar-refractivity contribution >= 4 is 17.5 Å². The van der Waals surface area contributed by atoms with Gasteiger partial charge in [-0.05, 0) is 44.9 Å². The molecule has 1 amide bonds. The number of rotatable bonds is 2. The van der Waals surface area contributed by atoms with Crippen LogP contribution in [0.4, 0.5) is 0 Å². The van der Waals surface area contributed by atoms with E-state index in [1.807, 2.05) is 5.01 Å². The Hall–Kier alpha value is -1.26. The van der Waals surface area contributed by atoms with Crippen molar-refractivity contribution in [3.05, 3.63) is 28.8 Å². The lowest BCUT2D eigenvalue weighted by molar-refractivity contribution is 0.0368. The van der Waals surface area contributed by atoms with Gasteiger partial charge in [0.15, 0.2) is 0 Å². The Morgan fingerprint density at radius 2 is 2.00 bits per heavy atom. The Kier molecular flexibility index (Phi) is 4.32. The molecule has 1 aromatic carbocycles. The van der Waals surface area contributed by atoms with Crippen LogP contribution in [0.2, 0.25) is 5.02 Å². The van der Waals surface area contributed by atoms with E-state index < -0.39 is 0 Å². The molecule has 2 atom stereocenters. The van der Waals surface area contributed by atoms with E-state index in [0.717, 1.165) is 12.8 Å². The smallest absolute Gasteiger partial charge is 0.269 e. The van der Waals surface area contributed by atoms with Crippen molar-refractivity contribution in [3.8, 4) is 5.75 Å². The van der Waals surface area contributed by atoms with Crippen molar-refractivity contribution in [2.75, 3.05) is 0 Å². The number of halogens is 1. The number of nitrogens with one attached hydrogen (secondary N) is 1. The maximum atomic E-state index is 12.2. The number of hydrazine groups is 1. The SMILES string of the molecule is CC1CCCC(C)N1NC(=O)c1cc(Cl)ccc1O. The molecule has 0 saturated carbocycles. The molecule has 0 bridgehead atoms. The molecule has 0 radical (unpaired) electrons. The van der Waals surface area contributed by atoms with E-state index in [1.54, 1.807) is 6.07 Å². The molecular weight excluding hydrogens is 264 g/mol. The fourth-order valence-electron chi connectivity index (χ4n) is 2.51. The number of amides is 1. The Morgan fingerprint density at radius 3 is 2.63 bits per heavy atom. The molecule has 2 rings (SSSR count). The summed E-state index contributed by atoms with van der Waals surface area (Å²) in [5.74, 6) is -0.375. The zero-order valence-electron chi connectivity index (χ0n) is 11.2. The highest BCUT2D eigenvalue weighted by Gasteiger charge is 2.27. The minimum Gasteiger partial charge on any atom is -0.507 e. The molecule has 1 aromatic rings. The van der Waals surface area contributed by atoms with Crippen molar-refractivity contribution in [2.24, 2.45) is 0 Å². The highest BCUT2D eigenvalue weighted by molar-refractivity contribution is 6.31. The lowest BCUT2D eigenvalue weighted by Crippen LogP contribution is -2.54. The summed E-state index contributed by atoms with van der Waals surface area (Å²) in [6.45, 7) is 4.18. The number of benzene rings is 1. The van der Waals surface area contributed by atoms with Crippen LogP contribution in [0, 0.1) is 0 Å². The molecule has 1 fully saturated rings. The molecule has 1 saturated heterocycles. The summed E-state index contributed by atoms with van der Waals surface area (Å²) in [5, 5.41) is 12.1. The summed E-state index contributed by atoms with van der Waals surface area (Å²) in [6, 6.07) is 5.06. The zero-order chi connectivity index (χ0) is 14.0. The van der Waals surface area contributed by atoms with Gasteiger partial charge in [-0.15, -0.1) is 0 Å². The maximum absolute atomic E-state index is 12.2. The average Bonchev–Trinajstić information content (AvgIpc) is 2.37. The first-order valence-corrected chi connectivity index (χ1v) is 6.94. The molecule has 19 heavy (non-hydrogen) atoms. The fourth-order valence-corrected chi connectivity index (χ4v) is 2.68. The molecule has 1 heterocycles. The van der Waals surface area contributed by atoms with Gasteiger partial charge in [-0.25, -0.2) is 5.01 Å². The zero-order valence-corrected chi connectivity index (χ0v) is 11.9. The second-order valence-electron chi connectivity index (χ2n) is 5.14. The van der Waals surface area contributed by atoms with E-state index in [0.29, 0.717) is 17.1 Å². The number of phenols is 1. The Morgan fingerprint density at radius 1 is 1.37 bits per heavy atom. The number of phenolic OH excluding ortho intramolecular Hbond substituents is 1. The summed E-state index contributed by atoms with van der Waals surface area (Å²) >= 11 is 5.86. The first-order valence-electron chi connectivity index (χ1n) is 6.57. The van der Waals surface area contributed by atoms with Crippen LogP contribution in [0.15, 0.2) is 18.2 Å². The van der Waals surface area contributed by atoms with Gasteiger partial charge in [-0.1, -0.05) is 18.0 Å². The van der Waals surface area contributed by atoms with E-state index in [2.05, 4.69) is 19.3 Å². The van der Waals surface area contributed by atoms with Crippen LogP contribution < -0.4 is 5.43 Å². The highest BCUT2D eigenvalue weighted by atomic mass is 35.5. The minimum absolute atomic E-state index is 0.0563. The number of piperidine rings is 1. The Labute approximate surface area is 118 Å². The summed E-state index contributed by atoms with van der Waals surface area (Å²) in [7, 11) is 0. The van der Waals surface area contributed by atoms with Crippen LogP contribution in [0.25, 0.3) is 0 Å². The molecule has 1 aliphatic heterocycles. The molecular formula is C14H19ClN2O2. The number of carbonyl (C=O) groups is 1. The van der Waals surface area contributed by atoms with Gasteiger partial charge in [0.1, 0.15) is 5.75 Å². The summed E-state index contributed by atoms with van der Waals surface area (Å²) in [6.07, 6.45) is 3.30. The predicted octanol–water partition coefficient (Wildman–Crippen LogP) is 2.95. The maximum Gasteiger partial charge on any atom is 0.269 e. The summed E-state index contributed by atoms with van der Waals surface area (Å²) < 4.78 is 0. The molecule has 1 aliphatic rings. The molecule has 0 aliphatic carbocycles. The third-order valence-corrected chi connectivity index (χ3v) is 3.86. The van der Waals surface area contributed by atoms with Crippen molar-refractivity contribution < 1.29 is 9.90 Å². The quantitative estimate of drug-likeness (QED) is 0.877. The van der Waals surface area contributed by atoms with Crippen molar-refractivity contribution in [1.29, 1.82) is 0 Å². The van der Waals surface area contributed by atoms with Crippen molar-refractivity contribution in [2.45, 2.75) is 45.2 Å². The molecule has 2 N–H and O–H groups in total. The van der Waals surface area contributed by atoms with Gasteiger partial charge in [0.25, 0.3) is 5.91 Å². The molecule has 104 valence electrons.